The Balaban J connectivity index is 0.000000287. The Morgan fingerprint density at radius 3 is 2.22 bits per heavy atom. The highest BCUT2D eigenvalue weighted by Gasteiger charge is 2.25. The molecule has 12 heteroatoms. The number of anilines is 1. The van der Waals surface area contributed by atoms with Crippen molar-refractivity contribution in [2.45, 2.75) is 39.7 Å². The molecule has 0 aromatic carbocycles. The number of methoxy groups -OCH3 is 2. The summed E-state index contributed by atoms with van der Waals surface area (Å²) in [4.78, 5) is 42.3. The van der Waals surface area contributed by atoms with Gasteiger partial charge in [0.1, 0.15) is 11.5 Å². The van der Waals surface area contributed by atoms with E-state index in [-0.39, 0.29) is 24.4 Å². The highest BCUT2D eigenvalue weighted by Crippen LogP contribution is 2.15. The lowest BCUT2D eigenvalue weighted by Crippen LogP contribution is -2.33. The molecule has 3 rings (SSSR count). The van der Waals surface area contributed by atoms with Crippen molar-refractivity contribution in [1.29, 1.82) is 0 Å². The van der Waals surface area contributed by atoms with Crippen molar-refractivity contribution < 1.29 is 23.8 Å². The van der Waals surface area contributed by atoms with Gasteiger partial charge < -0.3 is 19.9 Å². The Bertz CT molecular complexity index is 1180. The lowest BCUT2D eigenvalue weighted by molar-refractivity contribution is -0.159. The first kappa shape index (κ1) is 31.2. The number of hydrogen-bond donors (Lipinski definition) is 1. The van der Waals surface area contributed by atoms with Gasteiger partial charge in [-0.3, -0.25) is 14.0 Å². The fourth-order valence-electron chi connectivity index (χ4n) is 2.74. The van der Waals surface area contributed by atoms with Crippen LogP contribution in [-0.2, 0) is 25.5 Å². The number of pyridine rings is 2. The summed E-state index contributed by atoms with van der Waals surface area (Å²) in [7, 11) is 2.80. The van der Waals surface area contributed by atoms with Crippen LogP contribution in [0, 0.1) is 0 Å². The number of aryl methyl sites for hydroxylation is 1. The van der Waals surface area contributed by atoms with Crippen molar-refractivity contribution in [3.63, 3.8) is 0 Å². The van der Waals surface area contributed by atoms with Gasteiger partial charge in [0, 0.05) is 34.9 Å². The number of nitrogen functional groups attached to an aromatic ring is 1. The van der Waals surface area contributed by atoms with E-state index in [0.717, 1.165) is 8.95 Å². The van der Waals surface area contributed by atoms with Gasteiger partial charge in [-0.25, -0.2) is 14.8 Å². The molecule has 10 nitrogen and oxygen atoms in total. The molecule has 1 atom stereocenters. The zero-order valence-corrected chi connectivity index (χ0v) is 24.0. The maximum Gasteiger partial charge on any atom is 0.343 e. The molecule has 3 aromatic heterocycles. The molecule has 0 aliphatic rings. The van der Waals surface area contributed by atoms with Gasteiger partial charge in [-0.15, -0.1) is 0 Å². The maximum absolute atomic E-state index is 12.1. The van der Waals surface area contributed by atoms with E-state index < -0.39 is 12.1 Å². The van der Waals surface area contributed by atoms with Gasteiger partial charge in [-0.2, -0.15) is 0 Å². The monoisotopic (exact) mass is 628 g/mol. The number of fused-ring (bicyclic) bond motifs is 1. The van der Waals surface area contributed by atoms with E-state index in [1.54, 1.807) is 38.4 Å². The molecule has 0 aliphatic heterocycles. The molecule has 36 heavy (non-hydrogen) atoms. The van der Waals surface area contributed by atoms with Gasteiger partial charge in [0.25, 0.3) is 0 Å². The highest BCUT2D eigenvalue weighted by atomic mass is 79.9. The molecule has 0 aliphatic carbocycles. The quantitative estimate of drug-likeness (QED) is 0.304. The number of aromatic nitrogens is 3. The molecule has 1 unspecified atom stereocenters. The van der Waals surface area contributed by atoms with Gasteiger partial charge in [-0.1, -0.05) is 13.8 Å². The topological polar surface area (TPSA) is 135 Å². The summed E-state index contributed by atoms with van der Waals surface area (Å²) >= 11 is 6.55. The standard InChI is InChI=1S/C11H11BrN2O2.C8H14O4.C5H5BrN2/c1-3-8-10(16-2)11(15)14-6-7(12)4-5-9(14)13-8;1-4-6(9)7(11-3)8(10)12-5-2;6-4-1-2-5(7)8-3-4/h4-6H,3H2,1-2H3;7H,4-5H2,1-3H3;1-3H,(H2,7,8). The number of carbonyl (C=O) groups excluding carboxylic acids is 2. The summed E-state index contributed by atoms with van der Waals surface area (Å²) in [6, 6.07) is 7.24. The van der Waals surface area contributed by atoms with E-state index in [1.165, 1.54) is 18.6 Å². The van der Waals surface area contributed by atoms with Crippen molar-refractivity contribution >= 4 is 55.1 Å². The number of Topliss-reactive ketones (excluding diaryl/α,β-unsaturated/α-hetero) is 1. The largest absolute Gasteiger partial charge is 0.490 e. The Morgan fingerprint density at radius 1 is 1.08 bits per heavy atom. The molecule has 196 valence electrons. The molecule has 3 heterocycles. The van der Waals surface area contributed by atoms with Crippen LogP contribution in [0.3, 0.4) is 0 Å². The smallest absolute Gasteiger partial charge is 0.343 e. The van der Waals surface area contributed by atoms with Crippen LogP contribution in [0.25, 0.3) is 5.65 Å². The highest BCUT2D eigenvalue weighted by molar-refractivity contribution is 9.10. The van der Waals surface area contributed by atoms with Crippen molar-refractivity contribution in [3.8, 4) is 5.75 Å². The second-order valence-corrected chi connectivity index (χ2v) is 8.75. The van der Waals surface area contributed by atoms with Crippen LogP contribution < -0.4 is 16.0 Å². The molecule has 0 saturated heterocycles. The third-order valence-electron chi connectivity index (χ3n) is 4.48. The summed E-state index contributed by atoms with van der Waals surface area (Å²) in [5, 5.41) is 0. The Labute approximate surface area is 226 Å². The lowest BCUT2D eigenvalue weighted by Gasteiger charge is -2.10. The summed E-state index contributed by atoms with van der Waals surface area (Å²) in [5.74, 6) is 0.00843. The first-order chi connectivity index (χ1) is 17.1. The Kier molecular flexibility index (Phi) is 13.9. The van der Waals surface area contributed by atoms with Crippen molar-refractivity contribution in [3.05, 3.63) is 61.7 Å². The number of carbonyl (C=O) groups is 2. The van der Waals surface area contributed by atoms with Gasteiger partial charge in [0.05, 0.1) is 19.4 Å². The molecule has 2 N–H and O–H groups in total. The van der Waals surface area contributed by atoms with E-state index in [0.29, 0.717) is 29.3 Å². The molecular weight excluding hydrogens is 600 g/mol. The number of hydrogen-bond acceptors (Lipinski definition) is 9. The number of rotatable bonds is 7. The summed E-state index contributed by atoms with van der Waals surface area (Å²) in [6.07, 6.45) is 3.25. The van der Waals surface area contributed by atoms with E-state index in [1.807, 2.05) is 19.1 Å². The molecule has 0 spiro atoms. The molecule has 0 radical (unpaired) electrons. The van der Waals surface area contributed by atoms with Crippen LogP contribution in [0.4, 0.5) is 5.82 Å². The van der Waals surface area contributed by atoms with Gasteiger partial charge >= 0.3 is 11.5 Å². The molecule has 0 saturated carbocycles. The predicted molar refractivity (Wildman–Crippen MR) is 144 cm³/mol. The zero-order chi connectivity index (χ0) is 27.3. The third-order valence-corrected chi connectivity index (χ3v) is 5.42. The van der Waals surface area contributed by atoms with Crippen LogP contribution in [0.2, 0.25) is 0 Å². The van der Waals surface area contributed by atoms with Gasteiger partial charge in [0.2, 0.25) is 11.9 Å². The minimum absolute atomic E-state index is 0.175. The first-order valence-corrected chi connectivity index (χ1v) is 12.6. The first-order valence-electron chi connectivity index (χ1n) is 11.0. The minimum atomic E-state index is -1.05. The van der Waals surface area contributed by atoms with Crippen molar-refractivity contribution in [2.24, 2.45) is 0 Å². The second-order valence-electron chi connectivity index (χ2n) is 6.91. The lowest BCUT2D eigenvalue weighted by atomic mass is 10.2. The summed E-state index contributed by atoms with van der Waals surface area (Å²) < 4.78 is 17.7. The van der Waals surface area contributed by atoms with E-state index in [4.69, 9.17) is 15.2 Å². The number of ether oxygens (including phenoxy) is 3. The zero-order valence-electron chi connectivity index (χ0n) is 20.8. The Hall–Kier alpha value is -2.83. The number of halogens is 2. The minimum Gasteiger partial charge on any atom is -0.490 e. The third kappa shape index (κ3) is 9.32. The van der Waals surface area contributed by atoms with Crippen LogP contribution >= 0.6 is 31.9 Å². The van der Waals surface area contributed by atoms with Crippen LogP contribution in [0.5, 0.6) is 5.75 Å². The molecule has 0 amide bonds. The fraction of sp³-hybridized carbons (Fsp3) is 0.375. The average molecular weight is 630 g/mol. The number of ketones is 1. The van der Waals surface area contributed by atoms with Crippen LogP contribution in [-0.4, -0.2) is 53.1 Å². The fourth-order valence-corrected chi connectivity index (χ4v) is 3.31. The predicted octanol–water partition coefficient (Wildman–Crippen LogP) is 4.00. The number of nitrogens with zero attached hydrogens (tertiary/aromatic N) is 3. The van der Waals surface area contributed by atoms with E-state index in [9.17, 15) is 14.4 Å². The number of esters is 1. The van der Waals surface area contributed by atoms with Crippen molar-refractivity contribution in [1.82, 2.24) is 14.4 Å². The average Bonchev–Trinajstić information content (AvgIpc) is 2.87. The molecule has 0 bridgehead atoms. The molecular formula is C24H30Br2N4O6. The molecule has 0 fully saturated rings. The maximum atomic E-state index is 12.1. The van der Waals surface area contributed by atoms with Gasteiger partial charge in [-0.05, 0) is 69.5 Å². The number of nitrogens with two attached hydrogens (primary N) is 1. The SMILES string of the molecule is CCOC(=O)C(OC)C(=O)CC.CCc1nc2ccc(Br)cn2c(=O)c1OC.Nc1ccc(Br)cn1. The van der Waals surface area contributed by atoms with Crippen LogP contribution in [0.1, 0.15) is 32.9 Å². The second kappa shape index (κ2) is 16.0. The van der Waals surface area contributed by atoms with E-state index >= 15 is 0 Å². The van der Waals surface area contributed by atoms with Crippen molar-refractivity contribution in [2.75, 3.05) is 26.6 Å². The van der Waals surface area contributed by atoms with Gasteiger partial charge in [0.15, 0.2) is 5.78 Å². The molecule has 3 aromatic rings. The summed E-state index contributed by atoms with van der Waals surface area (Å²) in [6.45, 7) is 5.56. The van der Waals surface area contributed by atoms with E-state index in [2.05, 4.69) is 46.6 Å². The summed E-state index contributed by atoms with van der Waals surface area (Å²) in [5.41, 5.74) is 6.44. The Morgan fingerprint density at radius 2 is 1.75 bits per heavy atom. The van der Waals surface area contributed by atoms with Crippen LogP contribution in [0.15, 0.2) is 50.4 Å². The normalized spacial score (nSPS) is 10.9.